The van der Waals surface area contributed by atoms with Gasteiger partial charge in [-0.2, -0.15) is 10.2 Å². The number of carbonyl (C=O) groups is 2. The minimum atomic E-state index is -0.215. The van der Waals surface area contributed by atoms with Crippen LogP contribution in [0.1, 0.15) is 32.2 Å². The van der Waals surface area contributed by atoms with Crippen molar-refractivity contribution in [2.75, 3.05) is 6.54 Å². The highest BCUT2D eigenvalue weighted by Gasteiger charge is 2.24. The molecule has 0 aliphatic carbocycles. The van der Waals surface area contributed by atoms with E-state index in [1.807, 2.05) is 36.4 Å². The van der Waals surface area contributed by atoms with Crippen molar-refractivity contribution in [3.8, 4) is 0 Å². The zero-order valence-corrected chi connectivity index (χ0v) is 15.4. The van der Waals surface area contributed by atoms with Gasteiger partial charge >= 0.3 is 0 Å². The Morgan fingerprint density at radius 2 is 2.08 bits per heavy atom. The van der Waals surface area contributed by atoms with Gasteiger partial charge in [-0.25, -0.2) is 4.98 Å². The lowest BCUT2D eigenvalue weighted by Crippen LogP contribution is -2.40. The molecule has 1 aliphatic heterocycles. The van der Waals surface area contributed by atoms with Crippen LogP contribution < -0.4 is 5.32 Å². The van der Waals surface area contributed by atoms with Crippen molar-refractivity contribution < 1.29 is 9.59 Å². The molecule has 0 saturated carbocycles. The summed E-state index contributed by atoms with van der Waals surface area (Å²) in [4.78, 5) is 30.1. The first-order valence-corrected chi connectivity index (χ1v) is 8.88. The molecule has 1 aliphatic rings. The van der Waals surface area contributed by atoms with E-state index in [-0.39, 0.29) is 23.7 Å². The van der Waals surface area contributed by atoms with E-state index in [0.717, 1.165) is 11.4 Å². The maximum atomic E-state index is 12.2. The maximum Gasteiger partial charge on any atom is 0.225 e. The van der Waals surface area contributed by atoms with Crippen molar-refractivity contribution in [1.29, 1.82) is 0 Å². The molecular weight excluding hydrogens is 334 g/mol. The summed E-state index contributed by atoms with van der Waals surface area (Å²) in [5.74, 6) is -0.111. The largest absolute Gasteiger partial charge is 0.350 e. The van der Waals surface area contributed by atoms with Crippen LogP contribution in [0, 0.1) is 11.8 Å². The molecule has 3 rings (SSSR count). The van der Waals surface area contributed by atoms with E-state index < -0.39 is 0 Å². The number of fused-ring (bicyclic) bond motifs is 1. The lowest BCUT2D eigenvalue weighted by molar-refractivity contribution is -0.136. The molecule has 0 aromatic carbocycles. The quantitative estimate of drug-likeness (QED) is 0.806. The zero-order valence-electron chi connectivity index (χ0n) is 15.4. The van der Waals surface area contributed by atoms with Gasteiger partial charge in [0.05, 0.1) is 43.5 Å². The zero-order chi connectivity index (χ0) is 18.7. The van der Waals surface area contributed by atoms with Gasteiger partial charge < -0.3 is 10.2 Å². The van der Waals surface area contributed by atoms with Crippen LogP contribution in [0.2, 0.25) is 0 Å². The number of amides is 2. The summed E-state index contributed by atoms with van der Waals surface area (Å²) in [6, 6.07) is 1.96. The molecule has 0 saturated heterocycles. The minimum absolute atomic E-state index is 0.00490. The average molecular weight is 359 g/mol. The van der Waals surface area contributed by atoms with E-state index in [9.17, 15) is 9.59 Å². The van der Waals surface area contributed by atoms with Crippen LogP contribution in [0.25, 0.3) is 0 Å². The SMILES string of the molecule is CC(C)C(=O)N1CCn2nc(CNC(=O)[C@@H](C)Cn3cncn3)cc2C1. The number of carbonyl (C=O) groups excluding carboxylic acids is 2. The monoisotopic (exact) mass is 359 g/mol. The standard InChI is InChI=1S/C17H25N7O2/c1-12(2)17(26)22-4-5-24-15(9-22)6-14(21-24)7-19-16(25)13(3)8-23-11-18-10-20-23/h6,10-13H,4-5,7-9H2,1-3H3,(H,19,25)/t13-/m0/s1. The van der Waals surface area contributed by atoms with E-state index in [2.05, 4.69) is 20.5 Å². The summed E-state index contributed by atoms with van der Waals surface area (Å²) < 4.78 is 3.56. The molecule has 140 valence electrons. The smallest absolute Gasteiger partial charge is 0.225 e. The van der Waals surface area contributed by atoms with Gasteiger partial charge in [-0.3, -0.25) is 19.0 Å². The van der Waals surface area contributed by atoms with Crippen LogP contribution >= 0.6 is 0 Å². The number of hydrogen-bond acceptors (Lipinski definition) is 5. The molecular formula is C17H25N7O2. The van der Waals surface area contributed by atoms with Crippen LogP contribution in [-0.4, -0.2) is 47.8 Å². The molecule has 2 amide bonds. The van der Waals surface area contributed by atoms with Gasteiger partial charge in [0.15, 0.2) is 0 Å². The van der Waals surface area contributed by atoms with Crippen LogP contribution in [0.4, 0.5) is 0 Å². The summed E-state index contributed by atoms with van der Waals surface area (Å²) in [5.41, 5.74) is 1.81. The molecule has 2 aromatic rings. The van der Waals surface area contributed by atoms with Gasteiger partial charge in [0.25, 0.3) is 0 Å². The number of rotatable bonds is 6. The Bertz CT molecular complexity index is 766. The first kappa shape index (κ1) is 18.1. The van der Waals surface area contributed by atoms with Crippen LogP contribution in [0.3, 0.4) is 0 Å². The summed E-state index contributed by atoms with van der Waals surface area (Å²) in [5, 5.41) is 11.5. The normalized spacial score (nSPS) is 15.0. The molecule has 0 spiro atoms. The van der Waals surface area contributed by atoms with Crippen molar-refractivity contribution >= 4 is 11.8 Å². The van der Waals surface area contributed by atoms with Gasteiger partial charge in [-0.1, -0.05) is 20.8 Å². The van der Waals surface area contributed by atoms with Gasteiger partial charge in [0, 0.05) is 12.5 Å². The lowest BCUT2D eigenvalue weighted by Gasteiger charge is -2.29. The Labute approximate surface area is 152 Å². The molecule has 0 unspecified atom stereocenters. The Morgan fingerprint density at radius 1 is 1.27 bits per heavy atom. The predicted molar refractivity (Wildman–Crippen MR) is 93.5 cm³/mol. The highest BCUT2D eigenvalue weighted by atomic mass is 16.2. The van der Waals surface area contributed by atoms with Crippen LogP contribution in [0.5, 0.6) is 0 Å². The number of nitrogens with zero attached hydrogens (tertiary/aromatic N) is 6. The van der Waals surface area contributed by atoms with E-state index in [1.165, 1.54) is 6.33 Å². The highest BCUT2D eigenvalue weighted by molar-refractivity contribution is 5.78. The molecule has 9 nitrogen and oxygen atoms in total. The fraction of sp³-hybridized carbons (Fsp3) is 0.588. The van der Waals surface area contributed by atoms with Crippen molar-refractivity contribution in [2.24, 2.45) is 11.8 Å². The molecule has 3 heterocycles. The first-order chi connectivity index (χ1) is 12.4. The van der Waals surface area contributed by atoms with Gasteiger partial charge in [-0.15, -0.1) is 0 Å². The van der Waals surface area contributed by atoms with Crippen molar-refractivity contribution in [1.82, 2.24) is 34.8 Å². The van der Waals surface area contributed by atoms with Crippen LogP contribution in [0.15, 0.2) is 18.7 Å². The lowest BCUT2D eigenvalue weighted by atomic mass is 10.1. The second-order valence-electron chi connectivity index (χ2n) is 7.00. The van der Waals surface area contributed by atoms with Gasteiger partial charge in [0.1, 0.15) is 12.7 Å². The fourth-order valence-corrected chi connectivity index (χ4v) is 3.01. The summed E-state index contributed by atoms with van der Waals surface area (Å²) in [6.45, 7) is 8.46. The maximum absolute atomic E-state index is 12.2. The molecule has 0 fully saturated rings. The van der Waals surface area contributed by atoms with Gasteiger partial charge in [0.2, 0.25) is 11.8 Å². The molecule has 1 atom stereocenters. The van der Waals surface area contributed by atoms with Gasteiger partial charge in [-0.05, 0) is 6.07 Å². The Kier molecular flexibility index (Phi) is 5.34. The third-order valence-electron chi connectivity index (χ3n) is 4.47. The molecule has 1 N–H and O–H groups in total. The third-order valence-corrected chi connectivity index (χ3v) is 4.47. The predicted octanol–water partition coefficient (Wildman–Crippen LogP) is 0.425. The average Bonchev–Trinajstić information content (AvgIpc) is 3.27. The van der Waals surface area contributed by atoms with E-state index in [1.54, 1.807) is 11.0 Å². The second-order valence-corrected chi connectivity index (χ2v) is 7.00. The molecule has 2 aromatic heterocycles. The Balaban J connectivity index is 1.54. The van der Waals surface area contributed by atoms with E-state index >= 15 is 0 Å². The summed E-state index contributed by atoms with van der Waals surface area (Å²) in [7, 11) is 0. The molecule has 0 bridgehead atoms. The number of aromatic nitrogens is 5. The fourth-order valence-electron chi connectivity index (χ4n) is 3.01. The number of nitrogens with one attached hydrogen (secondary N) is 1. The molecule has 0 radical (unpaired) electrons. The third kappa shape index (κ3) is 4.09. The van der Waals surface area contributed by atoms with Crippen molar-refractivity contribution in [3.63, 3.8) is 0 Å². The molecule has 26 heavy (non-hydrogen) atoms. The van der Waals surface area contributed by atoms with E-state index in [0.29, 0.717) is 32.7 Å². The Hall–Kier alpha value is -2.71. The van der Waals surface area contributed by atoms with E-state index in [4.69, 9.17) is 0 Å². The highest BCUT2D eigenvalue weighted by Crippen LogP contribution is 2.16. The minimum Gasteiger partial charge on any atom is -0.350 e. The topological polar surface area (TPSA) is 97.9 Å². The van der Waals surface area contributed by atoms with Crippen molar-refractivity contribution in [3.05, 3.63) is 30.1 Å². The second kappa shape index (κ2) is 7.67. The summed E-state index contributed by atoms with van der Waals surface area (Å²) >= 11 is 0. The Morgan fingerprint density at radius 3 is 2.77 bits per heavy atom. The number of hydrogen-bond donors (Lipinski definition) is 1. The summed E-state index contributed by atoms with van der Waals surface area (Å²) in [6.07, 6.45) is 3.05. The molecule has 9 heteroatoms. The van der Waals surface area contributed by atoms with Crippen molar-refractivity contribution in [2.45, 2.75) is 47.0 Å². The van der Waals surface area contributed by atoms with Crippen LogP contribution in [-0.2, 0) is 35.8 Å². The first-order valence-electron chi connectivity index (χ1n) is 8.88.